The van der Waals surface area contributed by atoms with Crippen LogP contribution in [-0.4, -0.2) is 58.7 Å². The van der Waals surface area contributed by atoms with Crippen LogP contribution in [0.15, 0.2) is 24.3 Å². The van der Waals surface area contributed by atoms with Crippen LogP contribution in [0.4, 0.5) is 4.79 Å². The van der Waals surface area contributed by atoms with Crippen molar-refractivity contribution in [2.45, 2.75) is 77.7 Å². The summed E-state index contributed by atoms with van der Waals surface area (Å²) in [5.74, 6) is 0.353. The Kier molecular flexibility index (Phi) is 7.71. The van der Waals surface area contributed by atoms with E-state index in [9.17, 15) is 14.7 Å². The van der Waals surface area contributed by atoms with E-state index in [1.54, 1.807) is 45.0 Å². The van der Waals surface area contributed by atoms with Gasteiger partial charge in [0, 0.05) is 12.1 Å². The van der Waals surface area contributed by atoms with Crippen molar-refractivity contribution in [1.29, 1.82) is 0 Å². The number of rotatable bonds is 4. The molecule has 0 unspecified atom stereocenters. The van der Waals surface area contributed by atoms with Gasteiger partial charge in [0.2, 0.25) is 0 Å². The lowest BCUT2D eigenvalue weighted by Crippen LogP contribution is -2.49. The fraction of sp³-hybridized carbons (Fsp3) is 0.636. The number of hydrogen-bond acceptors (Lipinski definition) is 7. The molecule has 1 fully saturated rings. The summed E-state index contributed by atoms with van der Waals surface area (Å²) in [5.41, 5.74) is -0.544. The Bertz CT molecular complexity index is 721. The zero-order chi connectivity index (χ0) is 22.5. The van der Waals surface area contributed by atoms with Crippen LogP contribution in [0, 0.1) is 0 Å². The summed E-state index contributed by atoms with van der Waals surface area (Å²) in [6.45, 7) is 11.7. The van der Waals surface area contributed by atoms with E-state index in [1.165, 1.54) is 5.06 Å². The molecule has 0 radical (unpaired) electrons. The Labute approximate surface area is 178 Å². The minimum absolute atomic E-state index is 0.164. The lowest BCUT2D eigenvalue weighted by Gasteiger charge is -2.27. The third-order valence-electron chi connectivity index (χ3n) is 4.22. The van der Waals surface area contributed by atoms with Gasteiger partial charge in [0.25, 0.3) is 5.91 Å². The summed E-state index contributed by atoms with van der Waals surface area (Å²) in [6.07, 6.45) is -0.449. The average Bonchev–Trinajstić information content (AvgIpc) is 2.74. The summed E-state index contributed by atoms with van der Waals surface area (Å²) in [6, 6.07) is 6.24. The van der Waals surface area contributed by atoms with Crippen LogP contribution in [-0.2, 0) is 9.57 Å². The number of carbonyl (C=O) groups excluding carboxylic acids is 2. The molecule has 168 valence electrons. The number of aliphatic hydroxyl groups excluding tert-OH is 1. The van der Waals surface area contributed by atoms with Gasteiger partial charge >= 0.3 is 6.16 Å². The number of aliphatic hydroxyl groups is 1. The van der Waals surface area contributed by atoms with Gasteiger partial charge < -0.3 is 24.7 Å². The smallest absolute Gasteiger partial charge is 0.488 e. The quantitative estimate of drug-likeness (QED) is 0.719. The largest absolute Gasteiger partial charge is 0.528 e. The zero-order valence-corrected chi connectivity index (χ0v) is 18.7. The number of carbonyl (C=O) groups is 2. The molecule has 0 bridgehead atoms. The van der Waals surface area contributed by atoms with Crippen molar-refractivity contribution < 1.29 is 29.0 Å². The van der Waals surface area contributed by atoms with E-state index < -0.39 is 23.9 Å². The number of ether oxygens (including phenoxy) is 2. The fourth-order valence-electron chi connectivity index (χ4n) is 2.99. The van der Waals surface area contributed by atoms with Gasteiger partial charge in [0.15, 0.2) is 0 Å². The molecule has 1 aromatic carbocycles. The molecule has 0 aliphatic carbocycles. The molecule has 8 nitrogen and oxygen atoms in total. The third kappa shape index (κ3) is 8.20. The molecule has 0 saturated carbocycles. The maximum absolute atomic E-state index is 12.7. The van der Waals surface area contributed by atoms with E-state index in [0.717, 1.165) is 0 Å². The third-order valence-corrected chi connectivity index (χ3v) is 4.22. The highest BCUT2D eigenvalue weighted by Crippen LogP contribution is 2.19. The Morgan fingerprint density at radius 3 is 2.27 bits per heavy atom. The maximum Gasteiger partial charge on any atom is 0.528 e. The van der Waals surface area contributed by atoms with Crippen molar-refractivity contribution in [2.24, 2.45) is 0 Å². The molecule has 2 rings (SSSR count). The first-order valence-corrected chi connectivity index (χ1v) is 10.3. The Morgan fingerprint density at radius 2 is 1.70 bits per heavy atom. The zero-order valence-electron chi connectivity index (χ0n) is 18.7. The lowest BCUT2D eigenvalue weighted by molar-refractivity contribution is -0.144. The standard InChI is InChI=1S/C22H34N2O6/c1-21(2,3)28-16-11-9-15(10-12-16)19(26)23-17-14-24(13-7-8-18(17)25)30-20(27)29-22(4,5)6/h9-12,17-18,25H,7-8,13-14H2,1-6H3,(H,23,26)/t17-,18+/m1/s1. The molecular formula is C22H34N2O6. The van der Waals surface area contributed by atoms with Crippen LogP contribution in [0.2, 0.25) is 0 Å². The molecule has 1 aliphatic rings. The lowest BCUT2D eigenvalue weighted by atomic mass is 10.1. The normalized spacial score (nSPS) is 20.8. The highest BCUT2D eigenvalue weighted by atomic mass is 16.8. The van der Waals surface area contributed by atoms with E-state index in [4.69, 9.17) is 14.3 Å². The van der Waals surface area contributed by atoms with E-state index in [2.05, 4.69) is 5.32 Å². The van der Waals surface area contributed by atoms with Crippen molar-refractivity contribution >= 4 is 12.1 Å². The maximum atomic E-state index is 12.7. The number of amides is 1. The summed E-state index contributed by atoms with van der Waals surface area (Å²) in [4.78, 5) is 29.9. The topological polar surface area (TPSA) is 97.3 Å². The van der Waals surface area contributed by atoms with Crippen molar-refractivity contribution in [3.63, 3.8) is 0 Å². The molecule has 30 heavy (non-hydrogen) atoms. The molecular weight excluding hydrogens is 388 g/mol. The van der Waals surface area contributed by atoms with E-state index in [-0.39, 0.29) is 18.1 Å². The summed E-state index contributed by atoms with van der Waals surface area (Å²) >= 11 is 0. The first-order chi connectivity index (χ1) is 13.8. The molecule has 2 N–H and O–H groups in total. The van der Waals surface area contributed by atoms with E-state index in [0.29, 0.717) is 30.7 Å². The number of nitrogens with zero attached hydrogens (tertiary/aromatic N) is 1. The minimum Gasteiger partial charge on any atom is -0.488 e. The molecule has 1 heterocycles. The Morgan fingerprint density at radius 1 is 1.07 bits per heavy atom. The van der Waals surface area contributed by atoms with Crippen molar-refractivity contribution in [2.75, 3.05) is 13.1 Å². The molecule has 2 atom stereocenters. The van der Waals surface area contributed by atoms with Crippen LogP contribution in [0.3, 0.4) is 0 Å². The van der Waals surface area contributed by atoms with Gasteiger partial charge in [0.1, 0.15) is 17.0 Å². The number of benzene rings is 1. The molecule has 1 amide bonds. The molecule has 1 aliphatic heterocycles. The molecule has 0 spiro atoms. The monoisotopic (exact) mass is 422 g/mol. The van der Waals surface area contributed by atoms with Crippen molar-refractivity contribution in [3.05, 3.63) is 29.8 Å². The van der Waals surface area contributed by atoms with Gasteiger partial charge in [-0.05, 0) is 78.6 Å². The van der Waals surface area contributed by atoms with Gasteiger partial charge in [-0.1, -0.05) is 0 Å². The van der Waals surface area contributed by atoms with Gasteiger partial charge in [-0.15, -0.1) is 5.06 Å². The fourth-order valence-corrected chi connectivity index (χ4v) is 2.99. The molecule has 1 saturated heterocycles. The van der Waals surface area contributed by atoms with Crippen molar-refractivity contribution in [3.8, 4) is 5.75 Å². The van der Waals surface area contributed by atoms with Crippen LogP contribution >= 0.6 is 0 Å². The van der Waals surface area contributed by atoms with Gasteiger partial charge in [-0.2, -0.15) is 0 Å². The van der Waals surface area contributed by atoms with Gasteiger partial charge in [-0.3, -0.25) is 4.79 Å². The van der Waals surface area contributed by atoms with E-state index >= 15 is 0 Å². The number of nitrogens with one attached hydrogen (secondary N) is 1. The summed E-state index contributed by atoms with van der Waals surface area (Å²) in [7, 11) is 0. The predicted molar refractivity (Wildman–Crippen MR) is 112 cm³/mol. The second-order valence-corrected chi connectivity index (χ2v) is 9.47. The Balaban J connectivity index is 1.98. The van der Waals surface area contributed by atoms with Crippen LogP contribution < -0.4 is 10.1 Å². The first-order valence-electron chi connectivity index (χ1n) is 10.3. The Hall–Kier alpha value is -2.32. The van der Waals surface area contributed by atoms with Crippen LogP contribution in [0.25, 0.3) is 0 Å². The second kappa shape index (κ2) is 9.66. The molecule has 8 heteroatoms. The van der Waals surface area contributed by atoms with Crippen LogP contribution in [0.5, 0.6) is 5.75 Å². The van der Waals surface area contributed by atoms with Crippen molar-refractivity contribution in [1.82, 2.24) is 10.4 Å². The summed E-state index contributed by atoms with van der Waals surface area (Å²) < 4.78 is 10.9. The van der Waals surface area contributed by atoms with Crippen LogP contribution in [0.1, 0.15) is 64.7 Å². The summed E-state index contributed by atoms with van der Waals surface area (Å²) in [5, 5.41) is 14.7. The van der Waals surface area contributed by atoms with Gasteiger partial charge in [0.05, 0.1) is 18.7 Å². The highest BCUT2D eigenvalue weighted by molar-refractivity contribution is 5.94. The highest BCUT2D eigenvalue weighted by Gasteiger charge is 2.30. The van der Waals surface area contributed by atoms with E-state index in [1.807, 2.05) is 20.8 Å². The number of hydroxylamine groups is 2. The average molecular weight is 423 g/mol. The first kappa shape index (κ1) is 24.0. The van der Waals surface area contributed by atoms with Gasteiger partial charge in [-0.25, -0.2) is 4.79 Å². The SMILES string of the molecule is CC(C)(C)OC(=O)ON1CCC[C@H](O)[C@H](NC(=O)c2ccc(OC(C)(C)C)cc2)C1. The predicted octanol–water partition coefficient (Wildman–Crippen LogP) is 3.29. The number of hydrogen-bond donors (Lipinski definition) is 2. The molecule has 0 aromatic heterocycles. The second-order valence-electron chi connectivity index (χ2n) is 9.47. The minimum atomic E-state index is -0.807. The molecule has 1 aromatic rings.